The van der Waals surface area contributed by atoms with Crippen LogP contribution in [-0.2, 0) is 4.74 Å². The molecule has 0 spiro atoms. The third-order valence-electron chi connectivity index (χ3n) is 5.57. The van der Waals surface area contributed by atoms with Gasteiger partial charge in [-0.2, -0.15) is 0 Å². The number of carbonyl (C=O) groups is 1. The molecule has 6 heteroatoms. The van der Waals surface area contributed by atoms with Crippen molar-refractivity contribution >= 4 is 5.91 Å². The summed E-state index contributed by atoms with van der Waals surface area (Å²) in [6.45, 7) is 3.63. The van der Waals surface area contributed by atoms with Crippen LogP contribution in [0.2, 0.25) is 0 Å². The third kappa shape index (κ3) is 4.54. The topological polar surface area (TPSA) is 60.0 Å². The van der Waals surface area contributed by atoms with Gasteiger partial charge in [0.15, 0.2) is 0 Å². The van der Waals surface area contributed by atoms with Gasteiger partial charge in [0.05, 0.1) is 26.4 Å². The van der Waals surface area contributed by atoms with Crippen LogP contribution in [0.5, 0.6) is 11.5 Å². The number of benzene rings is 2. The molecule has 0 bridgehead atoms. The van der Waals surface area contributed by atoms with Crippen LogP contribution >= 0.6 is 0 Å². The van der Waals surface area contributed by atoms with Crippen molar-refractivity contribution in [2.75, 3.05) is 40.0 Å². The van der Waals surface area contributed by atoms with Crippen molar-refractivity contribution in [1.29, 1.82) is 0 Å². The molecule has 2 aliphatic rings. The number of rotatable bonds is 5. The monoisotopic (exact) mass is 396 g/mol. The van der Waals surface area contributed by atoms with E-state index in [1.807, 2.05) is 53.4 Å². The Labute approximate surface area is 171 Å². The summed E-state index contributed by atoms with van der Waals surface area (Å²) in [6, 6.07) is 15.3. The normalized spacial score (nSPS) is 20.3. The molecule has 4 rings (SSSR count). The number of carbonyl (C=O) groups excluding carboxylic acids is 1. The van der Waals surface area contributed by atoms with Crippen LogP contribution in [0.25, 0.3) is 0 Å². The number of nitrogens with one attached hydrogen (secondary N) is 1. The van der Waals surface area contributed by atoms with Gasteiger partial charge in [0.1, 0.15) is 17.6 Å². The standard InChI is InChI=1S/C23H28N2O4/c1-27-22-5-3-2-4-20(22)21-16-24-12-13-25(21)23(26)17-6-8-18(9-7-17)29-19-10-14-28-15-11-19/h2-9,19,21,24H,10-16H2,1H3. The Hall–Kier alpha value is -2.57. The third-order valence-corrected chi connectivity index (χ3v) is 5.57. The number of para-hydroxylation sites is 1. The molecule has 6 nitrogen and oxygen atoms in total. The molecule has 0 saturated carbocycles. The summed E-state index contributed by atoms with van der Waals surface area (Å²) in [5.41, 5.74) is 1.70. The molecule has 2 aromatic carbocycles. The number of methoxy groups -OCH3 is 1. The van der Waals surface area contributed by atoms with Crippen LogP contribution in [0.1, 0.15) is 34.8 Å². The van der Waals surface area contributed by atoms with E-state index in [-0.39, 0.29) is 18.1 Å². The summed E-state index contributed by atoms with van der Waals surface area (Å²) in [4.78, 5) is 15.2. The fourth-order valence-corrected chi connectivity index (χ4v) is 4.00. The van der Waals surface area contributed by atoms with Gasteiger partial charge in [-0.3, -0.25) is 4.79 Å². The summed E-state index contributed by atoms with van der Waals surface area (Å²) >= 11 is 0. The van der Waals surface area contributed by atoms with Crippen molar-refractivity contribution < 1.29 is 19.0 Å². The fraction of sp³-hybridized carbons (Fsp3) is 0.435. The van der Waals surface area contributed by atoms with E-state index in [1.165, 1.54) is 0 Å². The van der Waals surface area contributed by atoms with Crippen LogP contribution in [-0.4, -0.2) is 56.9 Å². The predicted molar refractivity (Wildman–Crippen MR) is 111 cm³/mol. The molecule has 2 saturated heterocycles. The van der Waals surface area contributed by atoms with Crippen LogP contribution in [0.4, 0.5) is 0 Å². The van der Waals surface area contributed by atoms with Gasteiger partial charge in [-0.05, 0) is 30.3 Å². The summed E-state index contributed by atoms with van der Waals surface area (Å²) in [5, 5.41) is 3.40. The minimum Gasteiger partial charge on any atom is -0.496 e. The van der Waals surface area contributed by atoms with E-state index in [1.54, 1.807) is 7.11 Å². The van der Waals surface area contributed by atoms with Gasteiger partial charge < -0.3 is 24.4 Å². The van der Waals surface area contributed by atoms with Crippen LogP contribution in [0.3, 0.4) is 0 Å². The molecule has 1 amide bonds. The molecule has 154 valence electrons. The molecular formula is C23H28N2O4. The molecular weight excluding hydrogens is 368 g/mol. The van der Waals surface area contributed by atoms with E-state index < -0.39 is 0 Å². The first kappa shape index (κ1) is 19.7. The van der Waals surface area contributed by atoms with E-state index in [0.29, 0.717) is 18.7 Å². The summed E-state index contributed by atoms with van der Waals surface area (Å²) in [5.74, 6) is 1.63. The van der Waals surface area contributed by atoms with Gasteiger partial charge in [0, 0.05) is 43.6 Å². The highest BCUT2D eigenvalue weighted by Gasteiger charge is 2.30. The molecule has 0 aliphatic carbocycles. The van der Waals surface area contributed by atoms with Gasteiger partial charge in [-0.15, -0.1) is 0 Å². The second kappa shape index (κ2) is 9.29. The van der Waals surface area contributed by atoms with E-state index in [0.717, 1.165) is 49.7 Å². The van der Waals surface area contributed by atoms with Gasteiger partial charge in [-0.1, -0.05) is 18.2 Å². The summed E-state index contributed by atoms with van der Waals surface area (Å²) in [6.07, 6.45) is 2.00. The van der Waals surface area contributed by atoms with Gasteiger partial charge >= 0.3 is 0 Å². The van der Waals surface area contributed by atoms with Crippen molar-refractivity contribution in [2.24, 2.45) is 0 Å². The molecule has 2 fully saturated rings. The van der Waals surface area contributed by atoms with Crippen LogP contribution < -0.4 is 14.8 Å². The number of amides is 1. The zero-order valence-corrected chi connectivity index (χ0v) is 16.8. The lowest BCUT2D eigenvalue weighted by Crippen LogP contribution is -2.48. The largest absolute Gasteiger partial charge is 0.496 e. The van der Waals surface area contributed by atoms with E-state index >= 15 is 0 Å². The molecule has 0 aromatic heterocycles. The Kier molecular flexibility index (Phi) is 6.32. The van der Waals surface area contributed by atoms with Gasteiger partial charge in [0.2, 0.25) is 0 Å². The molecule has 1 unspecified atom stereocenters. The Bertz CT molecular complexity index is 818. The van der Waals surface area contributed by atoms with Crippen molar-refractivity contribution in [1.82, 2.24) is 10.2 Å². The lowest BCUT2D eigenvalue weighted by molar-refractivity contribution is 0.0255. The average molecular weight is 396 g/mol. The molecule has 2 aliphatic heterocycles. The Balaban J connectivity index is 1.49. The lowest BCUT2D eigenvalue weighted by Gasteiger charge is -2.37. The maximum atomic E-state index is 13.3. The average Bonchev–Trinajstić information content (AvgIpc) is 2.80. The van der Waals surface area contributed by atoms with E-state index in [4.69, 9.17) is 14.2 Å². The van der Waals surface area contributed by atoms with Crippen molar-refractivity contribution in [2.45, 2.75) is 25.0 Å². The Morgan fingerprint density at radius 1 is 1.10 bits per heavy atom. The SMILES string of the molecule is COc1ccccc1C1CNCCN1C(=O)c1ccc(OC2CCOCC2)cc1. The lowest BCUT2D eigenvalue weighted by atomic mass is 10.0. The summed E-state index contributed by atoms with van der Waals surface area (Å²) in [7, 11) is 1.67. The van der Waals surface area contributed by atoms with Gasteiger partial charge in [0.25, 0.3) is 5.91 Å². The van der Waals surface area contributed by atoms with Crippen LogP contribution in [0, 0.1) is 0 Å². The van der Waals surface area contributed by atoms with Crippen molar-refractivity contribution in [3.8, 4) is 11.5 Å². The Morgan fingerprint density at radius 3 is 2.62 bits per heavy atom. The highest BCUT2D eigenvalue weighted by atomic mass is 16.5. The van der Waals surface area contributed by atoms with E-state index in [9.17, 15) is 4.79 Å². The zero-order valence-electron chi connectivity index (χ0n) is 16.8. The smallest absolute Gasteiger partial charge is 0.254 e. The number of piperazine rings is 1. The van der Waals surface area contributed by atoms with Gasteiger partial charge in [-0.25, -0.2) is 0 Å². The van der Waals surface area contributed by atoms with E-state index in [2.05, 4.69) is 5.32 Å². The minimum atomic E-state index is -0.0643. The second-order valence-electron chi connectivity index (χ2n) is 7.41. The highest BCUT2D eigenvalue weighted by Crippen LogP contribution is 2.31. The zero-order chi connectivity index (χ0) is 20.1. The molecule has 2 aromatic rings. The molecule has 1 N–H and O–H groups in total. The number of nitrogens with zero attached hydrogens (tertiary/aromatic N) is 1. The maximum Gasteiger partial charge on any atom is 0.254 e. The first-order valence-electron chi connectivity index (χ1n) is 10.3. The Morgan fingerprint density at radius 2 is 1.86 bits per heavy atom. The predicted octanol–water partition coefficient (Wildman–Crippen LogP) is 3.04. The number of hydrogen-bond donors (Lipinski definition) is 1. The first-order chi connectivity index (χ1) is 14.3. The van der Waals surface area contributed by atoms with Crippen molar-refractivity contribution in [3.05, 3.63) is 59.7 Å². The minimum absolute atomic E-state index is 0.0278. The fourth-order valence-electron chi connectivity index (χ4n) is 4.00. The maximum absolute atomic E-state index is 13.3. The second-order valence-corrected chi connectivity index (χ2v) is 7.41. The molecule has 1 atom stereocenters. The quantitative estimate of drug-likeness (QED) is 0.842. The molecule has 29 heavy (non-hydrogen) atoms. The highest BCUT2D eigenvalue weighted by molar-refractivity contribution is 5.94. The molecule has 2 heterocycles. The molecule has 0 radical (unpaired) electrons. The number of hydrogen-bond acceptors (Lipinski definition) is 5. The number of ether oxygens (including phenoxy) is 3. The van der Waals surface area contributed by atoms with Crippen LogP contribution in [0.15, 0.2) is 48.5 Å². The first-order valence-corrected chi connectivity index (χ1v) is 10.3. The van der Waals surface area contributed by atoms with Crippen molar-refractivity contribution in [3.63, 3.8) is 0 Å². The summed E-state index contributed by atoms with van der Waals surface area (Å²) < 4.78 is 16.9.